The van der Waals surface area contributed by atoms with E-state index in [1.807, 2.05) is 18.8 Å². The van der Waals surface area contributed by atoms with E-state index in [0.29, 0.717) is 0 Å². The zero-order valence-electron chi connectivity index (χ0n) is 9.54. The predicted molar refractivity (Wildman–Crippen MR) is 84.4 cm³/mol. The molecule has 0 heterocycles. The van der Waals surface area contributed by atoms with E-state index in [-0.39, 0.29) is 0 Å². The van der Waals surface area contributed by atoms with Gasteiger partial charge in [0.15, 0.2) is 0 Å². The molecule has 2 N–H and O–H groups in total. The van der Waals surface area contributed by atoms with Gasteiger partial charge in [-0.15, -0.1) is 11.8 Å². The molecule has 0 amide bonds. The molecule has 6 heteroatoms. The van der Waals surface area contributed by atoms with E-state index >= 15 is 0 Å². The third-order valence-electron chi connectivity index (χ3n) is 1.29. The van der Waals surface area contributed by atoms with Gasteiger partial charge in [0.2, 0.25) is 0 Å². The predicted octanol–water partition coefficient (Wildman–Crippen LogP) is 2.53. The van der Waals surface area contributed by atoms with Gasteiger partial charge in [-0.25, -0.2) is 0 Å². The highest BCUT2D eigenvalue weighted by molar-refractivity contribution is 8.22. The van der Waals surface area contributed by atoms with Crippen LogP contribution in [0.5, 0.6) is 0 Å². The average molecular weight is 285 g/mol. The van der Waals surface area contributed by atoms with Crippen molar-refractivity contribution in [2.24, 2.45) is 0 Å². The third kappa shape index (κ3) is 20.5. The van der Waals surface area contributed by atoms with E-state index in [1.165, 1.54) is 0 Å². The van der Waals surface area contributed by atoms with Crippen LogP contribution in [0.25, 0.3) is 0 Å². The van der Waals surface area contributed by atoms with E-state index < -0.39 is 0 Å². The first kappa shape index (κ1) is 17.9. The second-order valence-electron chi connectivity index (χ2n) is 2.61. The van der Waals surface area contributed by atoms with Crippen LogP contribution in [0.1, 0.15) is 12.8 Å². The smallest absolute Gasteiger partial charge is 0.133 e. The minimum absolute atomic E-state index is 0.873. The van der Waals surface area contributed by atoms with Crippen molar-refractivity contribution in [3.63, 3.8) is 0 Å². The number of rotatable bonds is 6. The average Bonchev–Trinajstić information content (AvgIpc) is 2.24. The van der Waals surface area contributed by atoms with Crippen molar-refractivity contribution in [2.45, 2.75) is 12.8 Å². The van der Waals surface area contributed by atoms with Gasteiger partial charge >= 0.3 is 0 Å². The van der Waals surface area contributed by atoms with Gasteiger partial charge in [0, 0.05) is 13.1 Å². The molecule has 0 fully saturated rings. The first-order valence-electron chi connectivity index (χ1n) is 4.61. The Hall–Kier alpha value is 0.480. The number of nitrogens with one attached hydrogen (secondary N) is 2. The Morgan fingerprint density at radius 2 is 1.73 bits per heavy atom. The molecule has 15 heavy (non-hydrogen) atoms. The first-order chi connectivity index (χ1) is 7.22. The molecule has 0 aromatic rings. The lowest BCUT2D eigenvalue weighted by Crippen LogP contribution is -2.20. The number of unbranched alkanes of at least 4 members (excludes halogenated alkanes) is 1. The lowest BCUT2D eigenvalue weighted by Gasteiger charge is -2.04. The van der Waals surface area contributed by atoms with E-state index in [1.54, 1.807) is 29.0 Å². The maximum absolute atomic E-state index is 4.97. The molecule has 0 saturated heterocycles. The molecule has 0 aliphatic carbocycles. The van der Waals surface area contributed by atoms with Crippen LogP contribution in [0.3, 0.4) is 0 Å². The van der Waals surface area contributed by atoms with E-state index in [9.17, 15) is 0 Å². The van der Waals surface area contributed by atoms with Crippen LogP contribution < -0.4 is 10.6 Å². The number of hydrogen-bond donors (Lipinski definition) is 2. The fourth-order valence-corrected chi connectivity index (χ4v) is 1.14. The Morgan fingerprint density at radius 1 is 1.20 bits per heavy atom. The zero-order chi connectivity index (χ0) is 11.9. The van der Waals surface area contributed by atoms with Gasteiger partial charge in [-0.2, -0.15) is 11.8 Å². The summed E-state index contributed by atoms with van der Waals surface area (Å²) in [6, 6.07) is 0. The lowest BCUT2D eigenvalue weighted by atomic mass is 10.3. The van der Waals surface area contributed by atoms with Gasteiger partial charge in [-0.1, -0.05) is 24.4 Å². The van der Waals surface area contributed by atoms with Crippen LogP contribution in [-0.2, 0) is 0 Å². The molecular formula is C9H20N2S4. The second-order valence-corrected chi connectivity index (χ2v) is 5.14. The Kier molecular flexibility index (Phi) is 20.1. The largest absolute Gasteiger partial charge is 0.382 e. The van der Waals surface area contributed by atoms with Crippen molar-refractivity contribution in [1.29, 1.82) is 0 Å². The summed E-state index contributed by atoms with van der Waals surface area (Å²) < 4.78 is 0.873. The van der Waals surface area contributed by atoms with Gasteiger partial charge in [0.05, 0.1) is 5.49 Å². The molecule has 0 aliphatic rings. The molecule has 0 aromatic heterocycles. The maximum Gasteiger partial charge on any atom is 0.133 e. The molecule has 0 rings (SSSR count). The summed E-state index contributed by atoms with van der Waals surface area (Å²) in [5.74, 6) is 0. The van der Waals surface area contributed by atoms with Gasteiger partial charge in [-0.3, -0.25) is 0 Å². The lowest BCUT2D eigenvalue weighted by molar-refractivity contribution is 0.700. The normalized spacial score (nSPS) is 8.47. The molecule has 0 saturated carbocycles. The molecular weight excluding hydrogens is 264 g/mol. The second kappa shape index (κ2) is 16.9. The molecule has 0 spiro atoms. The quantitative estimate of drug-likeness (QED) is 0.574. The van der Waals surface area contributed by atoms with E-state index in [4.69, 9.17) is 12.2 Å². The summed E-state index contributed by atoms with van der Waals surface area (Å²) in [5, 5.41) is 6.11. The van der Waals surface area contributed by atoms with Gasteiger partial charge in [0.25, 0.3) is 0 Å². The minimum atomic E-state index is 0.873. The van der Waals surface area contributed by atoms with Crippen LogP contribution in [0, 0.1) is 0 Å². The van der Waals surface area contributed by atoms with Crippen molar-refractivity contribution >= 4 is 57.8 Å². The van der Waals surface area contributed by atoms with Crippen molar-refractivity contribution in [3.8, 4) is 0 Å². The first-order valence-corrected chi connectivity index (χ1v) is 8.35. The summed E-state index contributed by atoms with van der Waals surface area (Å²) in [4.78, 5) is 0. The van der Waals surface area contributed by atoms with Crippen molar-refractivity contribution in [1.82, 2.24) is 10.6 Å². The van der Waals surface area contributed by atoms with Crippen LogP contribution in [0.15, 0.2) is 0 Å². The molecule has 0 aliphatic heterocycles. The molecule has 0 aromatic carbocycles. The fourth-order valence-electron chi connectivity index (χ4n) is 0.674. The third-order valence-corrected chi connectivity index (χ3v) is 2.61. The number of thioether (sulfide) groups is 2. The summed E-state index contributed by atoms with van der Waals surface area (Å²) in [6.07, 6.45) is 8.30. The van der Waals surface area contributed by atoms with Crippen LogP contribution in [0.4, 0.5) is 0 Å². The summed E-state index contributed by atoms with van der Waals surface area (Å²) >= 11 is 12.9. The Labute approximate surface area is 113 Å². The molecule has 0 bridgehead atoms. The highest BCUT2D eigenvalue weighted by atomic mass is 32.2. The number of thiocarbonyl (C=S) groups is 2. The summed E-state index contributed by atoms with van der Waals surface area (Å²) in [7, 11) is 0. The fraction of sp³-hybridized carbons (Fsp3) is 0.778. The SMILES string of the molecule is CSC.CSC(=S)NCCCCNC=S. The molecule has 0 radical (unpaired) electrons. The van der Waals surface area contributed by atoms with E-state index in [2.05, 4.69) is 22.9 Å². The maximum atomic E-state index is 4.97. The summed E-state index contributed by atoms with van der Waals surface area (Å²) in [6.45, 7) is 1.91. The van der Waals surface area contributed by atoms with Gasteiger partial charge in [-0.05, 0) is 31.6 Å². The molecule has 0 unspecified atom stereocenters. The monoisotopic (exact) mass is 284 g/mol. The van der Waals surface area contributed by atoms with Gasteiger partial charge in [0.1, 0.15) is 4.32 Å². The van der Waals surface area contributed by atoms with Crippen LogP contribution in [-0.4, -0.2) is 41.7 Å². The van der Waals surface area contributed by atoms with Crippen molar-refractivity contribution < 1.29 is 0 Å². The Balaban J connectivity index is 0. The Morgan fingerprint density at radius 3 is 2.20 bits per heavy atom. The number of hydrogen-bond acceptors (Lipinski definition) is 4. The molecule has 2 nitrogen and oxygen atoms in total. The standard InChI is InChI=1S/C7H14N2S3.C2H6S/c1-12-7(11)9-5-3-2-4-8-6-10;1-3-2/h6H,2-5H2,1H3,(H,8,10)(H,9,11);1-2H3. The van der Waals surface area contributed by atoms with Crippen molar-refractivity contribution in [3.05, 3.63) is 0 Å². The molecule has 0 atom stereocenters. The zero-order valence-corrected chi connectivity index (χ0v) is 12.8. The molecule has 90 valence electrons. The summed E-state index contributed by atoms with van der Waals surface area (Å²) in [5.41, 5.74) is 1.56. The van der Waals surface area contributed by atoms with E-state index in [0.717, 1.165) is 30.3 Å². The van der Waals surface area contributed by atoms with Crippen LogP contribution in [0.2, 0.25) is 0 Å². The highest BCUT2D eigenvalue weighted by Crippen LogP contribution is 1.94. The van der Waals surface area contributed by atoms with Crippen molar-refractivity contribution in [2.75, 3.05) is 31.9 Å². The van der Waals surface area contributed by atoms with Crippen LogP contribution >= 0.6 is 48.0 Å². The minimum Gasteiger partial charge on any atom is -0.382 e. The Bertz CT molecular complexity index is 153. The van der Waals surface area contributed by atoms with Gasteiger partial charge < -0.3 is 10.6 Å². The topological polar surface area (TPSA) is 24.1 Å². The highest BCUT2D eigenvalue weighted by Gasteiger charge is 1.90.